The molecule has 6 heteroatoms. The maximum atomic E-state index is 12.3. The summed E-state index contributed by atoms with van der Waals surface area (Å²) in [6.45, 7) is 0.580. The lowest BCUT2D eigenvalue weighted by Crippen LogP contribution is -3.00. The number of phenolic OH excluding ortho intramolecular Hbond substituents is 2. The lowest BCUT2D eigenvalue weighted by Gasteiger charge is -2.27. The Balaban J connectivity index is 0.00000380. The molecule has 0 unspecified atom stereocenters. The van der Waals surface area contributed by atoms with Crippen LogP contribution in [0, 0.1) is 0 Å². The number of aromatic hydroxyl groups is 2. The number of carbonyl (C=O) groups excluding carboxylic acids is 1. The van der Waals surface area contributed by atoms with Gasteiger partial charge in [-0.2, -0.15) is 0 Å². The van der Waals surface area contributed by atoms with Crippen molar-refractivity contribution in [2.24, 2.45) is 0 Å². The quantitative estimate of drug-likeness (QED) is 0.146. The second-order valence-electron chi connectivity index (χ2n) is 8.91. The number of carbonyl (C=O) groups is 1. The van der Waals surface area contributed by atoms with E-state index in [1.807, 2.05) is 0 Å². The number of phenols is 2. The molecule has 0 heterocycles. The van der Waals surface area contributed by atoms with E-state index in [1.165, 1.54) is 34.1 Å². The molecule has 1 amide bonds. The molecule has 0 bridgehead atoms. The van der Waals surface area contributed by atoms with E-state index in [2.05, 4.69) is 96.3 Å². The fourth-order valence-electron chi connectivity index (χ4n) is 4.68. The highest BCUT2D eigenvalue weighted by molar-refractivity contribution is 7.95. The van der Waals surface area contributed by atoms with E-state index in [9.17, 15) is 15.0 Å². The predicted molar refractivity (Wildman–Crippen MR) is 151 cm³/mol. The number of hydrogen-bond acceptors (Lipinski definition) is 3. The minimum absolute atomic E-state index is 0. The molecule has 0 spiro atoms. The Morgan fingerprint density at radius 3 is 1.59 bits per heavy atom. The molecule has 4 rings (SSSR count). The fourth-order valence-corrected chi connectivity index (χ4v) is 9.09. The topological polar surface area (TPSA) is 69.6 Å². The van der Waals surface area contributed by atoms with Crippen molar-refractivity contribution in [2.75, 3.05) is 12.7 Å². The van der Waals surface area contributed by atoms with Gasteiger partial charge >= 0.3 is 0 Å². The van der Waals surface area contributed by atoms with Crippen molar-refractivity contribution in [1.29, 1.82) is 0 Å². The molecule has 4 nitrogen and oxygen atoms in total. The minimum atomic E-state index is -1.79. The van der Waals surface area contributed by atoms with Crippen LogP contribution in [0.5, 0.6) is 11.5 Å². The maximum absolute atomic E-state index is 12.3. The van der Waals surface area contributed by atoms with E-state index in [0.29, 0.717) is 12.1 Å². The number of hydrogen-bond donors (Lipinski definition) is 3. The maximum Gasteiger partial charge on any atom is 0.251 e. The molecule has 3 N–H and O–H groups in total. The first-order valence-corrected chi connectivity index (χ1v) is 14.4. The van der Waals surface area contributed by atoms with Gasteiger partial charge in [-0.1, -0.05) is 61.0 Å². The summed E-state index contributed by atoms with van der Waals surface area (Å²) in [5.74, 6) is -0.760. The van der Waals surface area contributed by atoms with Gasteiger partial charge in [0.25, 0.3) is 5.91 Å². The third kappa shape index (κ3) is 7.00. The Bertz CT molecular complexity index is 1160. The monoisotopic (exact) mass is 577 g/mol. The standard InChI is InChI=1S/C31H32NO3P.BrH/c33-29-21-20-25(24-30(29)34)31(35)32-22-12-1-2-13-23-36(26-14-6-3-7-15-26,27-16-8-4-9-17-27)28-18-10-5-11-19-28;/h3-11,14-21,24H,1-2,12-13,22-23H2,(H2-,32,33,34,35);1H. The van der Waals surface area contributed by atoms with Gasteiger partial charge in [0.2, 0.25) is 0 Å². The Labute approximate surface area is 230 Å². The largest absolute Gasteiger partial charge is 1.00 e. The molecule has 0 saturated heterocycles. The molecule has 192 valence electrons. The molecular weight excluding hydrogens is 545 g/mol. The van der Waals surface area contributed by atoms with E-state index in [-0.39, 0.29) is 34.4 Å². The van der Waals surface area contributed by atoms with E-state index in [0.717, 1.165) is 31.8 Å². The Kier molecular flexibility index (Phi) is 10.7. The van der Waals surface area contributed by atoms with Crippen LogP contribution < -0.4 is 38.2 Å². The molecule has 4 aromatic rings. The van der Waals surface area contributed by atoms with Crippen LogP contribution in [0.2, 0.25) is 0 Å². The summed E-state index contributed by atoms with van der Waals surface area (Å²) in [6, 6.07) is 36.9. The summed E-state index contributed by atoms with van der Waals surface area (Å²) in [4.78, 5) is 12.3. The van der Waals surface area contributed by atoms with Gasteiger partial charge in [-0.3, -0.25) is 4.79 Å². The van der Waals surface area contributed by atoms with E-state index in [4.69, 9.17) is 0 Å². The van der Waals surface area contributed by atoms with Crippen LogP contribution in [-0.4, -0.2) is 28.8 Å². The number of unbranched alkanes of at least 4 members (excludes halogenated alkanes) is 3. The summed E-state index contributed by atoms with van der Waals surface area (Å²) >= 11 is 0. The van der Waals surface area contributed by atoms with E-state index >= 15 is 0 Å². The van der Waals surface area contributed by atoms with Gasteiger partial charge in [0.05, 0.1) is 6.16 Å². The second kappa shape index (κ2) is 14.0. The molecule has 0 radical (unpaired) electrons. The predicted octanol–water partition coefficient (Wildman–Crippen LogP) is 2.39. The molecule has 0 fully saturated rings. The van der Waals surface area contributed by atoms with Crippen molar-refractivity contribution in [3.63, 3.8) is 0 Å². The highest BCUT2D eigenvalue weighted by atomic mass is 79.9. The Morgan fingerprint density at radius 2 is 1.11 bits per heavy atom. The van der Waals surface area contributed by atoms with Crippen LogP contribution in [0.25, 0.3) is 0 Å². The normalized spacial score (nSPS) is 10.9. The summed E-state index contributed by atoms with van der Waals surface area (Å²) < 4.78 is 0. The van der Waals surface area contributed by atoms with Gasteiger partial charge in [0, 0.05) is 12.1 Å². The van der Waals surface area contributed by atoms with Gasteiger partial charge in [0.1, 0.15) is 23.2 Å². The van der Waals surface area contributed by atoms with Crippen LogP contribution >= 0.6 is 7.26 Å². The van der Waals surface area contributed by atoms with Crippen molar-refractivity contribution in [1.82, 2.24) is 5.32 Å². The lowest BCUT2D eigenvalue weighted by molar-refractivity contribution is -0.0000171. The number of amides is 1. The fraction of sp³-hybridized carbons (Fsp3) is 0.194. The third-order valence-corrected chi connectivity index (χ3v) is 11.1. The van der Waals surface area contributed by atoms with Crippen LogP contribution in [0.4, 0.5) is 0 Å². The number of benzene rings is 4. The number of halogens is 1. The molecule has 37 heavy (non-hydrogen) atoms. The van der Waals surface area contributed by atoms with Crippen molar-refractivity contribution >= 4 is 29.1 Å². The zero-order chi connectivity index (χ0) is 25.2. The van der Waals surface area contributed by atoms with Crippen molar-refractivity contribution < 1.29 is 32.0 Å². The SMILES string of the molecule is O=C(NCCCCCC[P+](c1ccccc1)(c1ccccc1)c1ccccc1)c1ccc(O)c(O)c1.[Br-]. The van der Waals surface area contributed by atoms with Gasteiger partial charge in [-0.15, -0.1) is 0 Å². The zero-order valence-corrected chi connectivity index (χ0v) is 23.2. The van der Waals surface area contributed by atoms with Crippen LogP contribution in [0.15, 0.2) is 109 Å². The van der Waals surface area contributed by atoms with Crippen LogP contribution in [-0.2, 0) is 0 Å². The molecule has 0 aliphatic carbocycles. The van der Waals surface area contributed by atoms with Gasteiger partial charge in [-0.25, -0.2) is 0 Å². The summed E-state index contributed by atoms with van der Waals surface area (Å²) in [7, 11) is -1.79. The first-order chi connectivity index (χ1) is 17.6. The summed E-state index contributed by atoms with van der Waals surface area (Å²) in [5.41, 5.74) is 0.341. The van der Waals surface area contributed by atoms with Gasteiger partial charge in [0.15, 0.2) is 11.5 Å². The molecule has 0 aromatic heterocycles. The molecular formula is C31H33BrNO3P. The lowest BCUT2D eigenvalue weighted by atomic mass is 10.1. The molecule has 0 saturated carbocycles. The summed E-state index contributed by atoms with van der Waals surface area (Å²) in [5, 5.41) is 26.2. The van der Waals surface area contributed by atoms with Crippen LogP contribution in [0.3, 0.4) is 0 Å². The summed E-state index contributed by atoms with van der Waals surface area (Å²) in [6.07, 6.45) is 5.21. The first kappa shape index (κ1) is 28.4. The number of nitrogens with one attached hydrogen (secondary N) is 1. The van der Waals surface area contributed by atoms with Crippen molar-refractivity contribution in [2.45, 2.75) is 25.7 Å². The molecule has 0 atom stereocenters. The smallest absolute Gasteiger partial charge is 0.251 e. The molecule has 4 aromatic carbocycles. The van der Waals surface area contributed by atoms with Crippen molar-refractivity contribution in [3.8, 4) is 11.5 Å². The van der Waals surface area contributed by atoms with Gasteiger partial charge < -0.3 is 32.5 Å². The first-order valence-electron chi connectivity index (χ1n) is 12.5. The Morgan fingerprint density at radius 1 is 0.622 bits per heavy atom. The Hall–Kier alpha value is -3.14. The van der Waals surface area contributed by atoms with E-state index < -0.39 is 7.26 Å². The molecule has 0 aliphatic heterocycles. The van der Waals surface area contributed by atoms with Gasteiger partial charge in [-0.05, 0) is 73.9 Å². The number of rotatable bonds is 11. The highest BCUT2D eigenvalue weighted by Gasteiger charge is 2.44. The zero-order valence-electron chi connectivity index (χ0n) is 20.8. The highest BCUT2D eigenvalue weighted by Crippen LogP contribution is 2.55. The molecule has 0 aliphatic rings. The van der Waals surface area contributed by atoms with Crippen molar-refractivity contribution in [3.05, 3.63) is 115 Å². The van der Waals surface area contributed by atoms with E-state index in [1.54, 1.807) is 0 Å². The van der Waals surface area contributed by atoms with Crippen LogP contribution in [0.1, 0.15) is 36.0 Å². The average molecular weight is 578 g/mol. The minimum Gasteiger partial charge on any atom is -1.00 e. The third-order valence-electron chi connectivity index (χ3n) is 6.53. The average Bonchev–Trinajstić information content (AvgIpc) is 2.93. The second-order valence-corrected chi connectivity index (χ2v) is 12.5.